The van der Waals surface area contributed by atoms with E-state index in [9.17, 15) is 9.59 Å². The molecule has 3 aromatic rings. The highest BCUT2D eigenvalue weighted by atomic mass is 32.2. The minimum Gasteiger partial charge on any atom is -0.344 e. The summed E-state index contributed by atoms with van der Waals surface area (Å²) >= 11 is 1.31. The highest BCUT2D eigenvalue weighted by molar-refractivity contribution is 7.99. The van der Waals surface area contributed by atoms with Crippen molar-refractivity contribution in [3.63, 3.8) is 0 Å². The summed E-state index contributed by atoms with van der Waals surface area (Å²) in [4.78, 5) is 24.7. The van der Waals surface area contributed by atoms with E-state index in [1.165, 1.54) is 17.3 Å². The van der Waals surface area contributed by atoms with Gasteiger partial charge in [-0.3, -0.25) is 9.36 Å². The summed E-state index contributed by atoms with van der Waals surface area (Å²) in [5, 5.41) is 7.12. The molecule has 0 saturated heterocycles. The number of aromatic amines is 1. The van der Waals surface area contributed by atoms with Crippen molar-refractivity contribution in [1.82, 2.24) is 19.3 Å². The molecule has 0 unspecified atom stereocenters. The van der Waals surface area contributed by atoms with Crippen LogP contribution in [0.2, 0.25) is 0 Å². The molecule has 1 N–H and O–H groups in total. The number of Topliss-reactive ketones (excluding diaryl/α,β-unsaturated/α-hetero) is 1. The second-order valence-electron chi connectivity index (χ2n) is 6.88. The Labute approximate surface area is 169 Å². The van der Waals surface area contributed by atoms with Crippen LogP contribution in [0.1, 0.15) is 47.1 Å². The van der Waals surface area contributed by atoms with Crippen molar-refractivity contribution in [2.75, 3.05) is 5.75 Å². The van der Waals surface area contributed by atoms with E-state index in [4.69, 9.17) is 0 Å². The van der Waals surface area contributed by atoms with Crippen LogP contribution in [0.25, 0.3) is 0 Å². The van der Waals surface area contributed by atoms with Gasteiger partial charge in [0.15, 0.2) is 10.9 Å². The van der Waals surface area contributed by atoms with Gasteiger partial charge in [-0.15, -0.1) is 5.10 Å². The van der Waals surface area contributed by atoms with Gasteiger partial charge in [0.05, 0.1) is 5.75 Å². The lowest BCUT2D eigenvalue weighted by molar-refractivity contribution is 0.102. The van der Waals surface area contributed by atoms with E-state index in [1.807, 2.05) is 38.1 Å². The van der Waals surface area contributed by atoms with E-state index < -0.39 is 0 Å². The minimum absolute atomic E-state index is 0.0508. The van der Waals surface area contributed by atoms with Crippen LogP contribution in [0.15, 0.2) is 46.3 Å². The fourth-order valence-corrected chi connectivity index (χ4v) is 4.08. The van der Waals surface area contributed by atoms with Gasteiger partial charge in [-0.25, -0.2) is 9.89 Å². The van der Waals surface area contributed by atoms with E-state index in [0.29, 0.717) is 11.7 Å². The van der Waals surface area contributed by atoms with E-state index in [-0.39, 0.29) is 17.2 Å². The maximum atomic E-state index is 12.8. The Kier molecular flexibility index (Phi) is 6.57. The molecule has 0 atom stereocenters. The number of aromatic nitrogens is 4. The second-order valence-corrected chi connectivity index (χ2v) is 7.83. The number of aryl methyl sites for hydroxylation is 1. The molecule has 0 spiro atoms. The van der Waals surface area contributed by atoms with Crippen molar-refractivity contribution in [2.24, 2.45) is 0 Å². The molecule has 0 aliphatic rings. The molecule has 6 nitrogen and oxygen atoms in total. The Bertz CT molecular complexity index is 1000. The number of rotatable bonds is 9. The lowest BCUT2D eigenvalue weighted by Crippen LogP contribution is -2.18. The highest BCUT2D eigenvalue weighted by Gasteiger charge is 2.18. The first kappa shape index (κ1) is 20.2. The predicted octanol–water partition coefficient (Wildman–Crippen LogP) is 3.81. The summed E-state index contributed by atoms with van der Waals surface area (Å²) in [5.74, 6) is 0.307. The van der Waals surface area contributed by atoms with Crippen LogP contribution in [-0.2, 0) is 13.1 Å². The Hall–Kier alpha value is -2.54. The molecule has 3 rings (SSSR count). The average Bonchev–Trinajstić information content (AvgIpc) is 3.19. The fourth-order valence-electron chi connectivity index (χ4n) is 3.23. The third-order valence-electron chi connectivity index (χ3n) is 4.85. The molecule has 0 saturated carbocycles. The summed E-state index contributed by atoms with van der Waals surface area (Å²) in [7, 11) is 0. The summed E-state index contributed by atoms with van der Waals surface area (Å²) in [6, 6.07) is 12.2. The van der Waals surface area contributed by atoms with Crippen LogP contribution in [-0.4, -0.2) is 30.9 Å². The molecule has 0 aliphatic carbocycles. The molecule has 2 heterocycles. The van der Waals surface area contributed by atoms with Crippen molar-refractivity contribution >= 4 is 17.5 Å². The molecule has 1 aromatic carbocycles. The molecule has 0 radical (unpaired) electrons. The van der Waals surface area contributed by atoms with Gasteiger partial charge in [0.1, 0.15) is 0 Å². The standard InChI is InChI=1S/C21H26N4O2S/c1-4-5-11-24-20(27)22-23-21(24)28-14-19(26)18-12-15(2)25(16(18)3)13-17-9-7-6-8-10-17/h6-10,12H,4-5,11,13-14H2,1-3H3,(H,22,27). The van der Waals surface area contributed by atoms with Crippen molar-refractivity contribution in [3.05, 3.63) is 69.4 Å². The van der Waals surface area contributed by atoms with Crippen LogP contribution in [0.4, 0.5) is 0 Å². The Morgan fingerprint density at radius 3 is 2.64 bits per heavy atom. The van der Waals surface area contributed by atoms with E-state index in [1.54, 1.807) is 4.57 Å². The first-order valence-electron chi connectivity index (χ1n) is 9.53. The molecule has 2 aromatic heterocycles. The Balaban J connectivity index is 1.72. The van der Waals surface area contributed by atoms with Crippen LogP contribution < -0.4 is 5.69 Å². The highest BCUT2D eigenvalue weighted by Crippen LogP contribution is 2.21. The zero-order valence-electron chi connectivity index (χ0n) is 16.6. The number of ketones is 1. The van der Waals surface area contributed by atoms with Crippen molar-refractivity contribution in [2.45, 2.75) is 51.9 Å². The molecule has 0 aliphatic heterocycles. The number of hydrogen-bond acceptors (Lipinski definition) is 4. The van der Waals surface area contributed by atoms with E-state index >= 15 is 0 Å². The van der Waals surface area contributed by atoms with Crippen LogP contribution in [0.3, 0.4) is 0 Å². The summed E-state index contributed by atoms with van der Waals surface area (Å²) < 4.78 is 3.78. The Morgan fingerprint density at radius 1 is 1.18 bits per heavy atom. The predicted molar refractivity (Wildman–Crippen MR) is 112 cm³/mol. The number of carbonyl (C=O) groups is 1. The number of carbonyl (C=O) groups excluding carboxylic acids is 1. The van der Waals surface area contributed by atoms with Gasteiger partial charge in [-0.05, 0) is 31.9 Å². The third kappa shape index (κ3) is 4.47. The third-order valence-corrected chi connectivity index (χ3v) is 5.82. The monoisotopic (exact) mass is 398 g/mol. The van der Waals surface area contributed by atoms with E-state index in [0.717, 1.165) is 36.3 Å². The number of benzene rings is 1. The van der Waals surface area contributed by atoms with Gasteiger partial charge in [-0.1, -0.05) is 55.4 Å². The number of thioether (sulfide) groups is 1. The lowest BCUT2D eigenvalue weighted by atomic mass is 10.2. The number of H-pyrrole nitrogens is 1. The average molecular weight is 399 g/mol. The molecule has 148 valence electrons. The quantitative estimate of drug-likeness (QED) is 0.439. The molecule has 7 heteroatoms. The summed E-state index contributed by atoms with van der Waals surface area (Å²) in [6.45, 7) is 7.45. The first-order valence-corrected chi connectivity index (χ1v) is 10.5. The Morgan fingerprint density at radius 2 is 1.93 bits per heavy atom. The topological polar surface area (TPSA) is 72.7 Å². The normalized spacial score (nSPS) is 11.1. The van der Waals surface area contributed by atoms with Gasteiger partial charge < -0.3 is 4.57 Å². The summed E-state index contributed by atoms with van der Waals surface area (Å²) in [6.07, 6.45) is 1.90. The smallest absolute Gasteiger partial charge is 0.343 e. The molecule has 0 amide bonds. The van der Waals surface area contributed by atoms with Crippen LogP contribution in [0.5, 0.6) is 0 Å². The zero-order chi connectivity index (χ0) is 20.1. The molecule has 0 fully saturated rings. The zero-order valence-corrected chi connectivity index (χ0v) is 17.4. The fraction of sp³-hybridized carbons (Fsp3) is 0.381. The van der Waals surface area contributed by atoms with Gasteiger partial charge in [0.25, 0.3) is 0 Å². The van der Waals surface area contributed by atoms with Gasteiger partial charge in [0.2, 0.25) is 0 Å². The number of hydrogen-bond donors (Lipinski definition) is 1. The molecular formula is C21H26N4O2S. The van der Waals surface area contributed by atoms with Gasteiger partial charge >= 0.3 is 5.69 Å². The van der Waals surface area contributed by atoms with Gasteiger partial charge in [-0.2, -0.15) is 0 Å². The molecule has 28 heavy (non-hydrogen) atoms. The largest absolute Gasteiger partial charge is 0.344 e. The minimum atomic E-state index is -0.218. The SMILES string of the molecule is CCCCn1c(SCC(=O)c2cc(C)n(Cc3ccccc3)c2C)n[nH]c1=O. The van der Waals surface area contributed by atoms with Crippen molar-refractivity contribution < 1.29 is 4.79 Å². The molecular weight excluding hydrogens is 372 g/mol. The summed E-state index contributed by atoms with van der Waals surface area (Å²) in [5.41, 5.74) is 3.75. The maximum Gasteiger partial charge on any atom is 0.343 e. The van der Waals surface area contributed by atoms with Crippen LogP contribution in [0, 0.1) is 13.8 Å². The maximum absolute atomic E-state index is 12.8. The van der Waals surface area contributed by atoms with Gasteiger partial charge in [0, 0.05) is 30.0 Å². The molecule has 0 bridgehead atoms. The lowest BCUT2D eigenvalue weighted by Gasteiger charge is -2.10. The number of nitrogens with one attached hydrogen (secondary N) is 1. The second kappa shape index (κ2) is 9.10. The van der Waals surface area contributed by atoms with Crippen molar-refractivity contribution in [3.8, 4) is 0 Å². The van der Waals surface area contributed by atoms with E-state index in [2.05, 4.69) is 33.8 Å². The number of nitrogens with zero attached hydrogens (tertiary/aromatic N) is 3. The van der Waals surface area contributed by atoms with Crippen molar-refractivity contribution in [1.29, 1.82) is 0 Å². The first-order chi connectivity index (χ1) is 13.5. The van der Waals surface area contributed by atoms with Crippen LogP contribution >= 0.6 is 11.8 Å². The number of unbranched alkanes of at least 4 members (excludes halogenated alkanes) is 1.